The van der Waals surface area contributed by atoms with E-state index in [-0.39, 0.29) is 0 Å². The van der Waals surface area contributed by atoms with E-state index in [1.165, 1.54) is 12.8 Å². The SMILES string of the molecule is COc1ccccc1S(=O)CCC1CCCC1N. The molecule has 3 nitrogen and oxygen atoms in total. The highest BCUT2D eigenvalue weighted by atomic mass is 32.2. The molecule has 0 spiro atoms. The zero-order valence-corrected chi connectivity index (χ0v) is 11.6. The van der Waals surface area contributed by atoms with Gasteiger partial charge in [0.2, 0.25) is 0 Å². The average Bonchev–Trinajstić information content (AvgIpc) is 2.81. The third-order valence-electron chi connectivity index (χ3n) is 3.71. The predicted octanol–water partition coefficient (Wildman–Crippen LogP) is 2.32. The lowest BCUT2D eigenvalue weighted by molar-refractivity contribution is 0.404. The molecule has 0 amide bonds. The molecule has 3 unspecified atom stereocenters. The Morgan fingerprint density at radius 2 is 2.17 bits per heavy atom. The predicted molar refractivity (Wildman–Crippen MR) is 74.2 cm³/mol. The monoisotopic (exact) mass is 267 g/mol. The number of methoxy groups -OCH3 is 1. The van der Waals surface area contributed by atoms with Crippen LogP contribution in [0.1, 0.15) is 25.7 Å². The van der Waals surface area contributed by atoms with Gasteiger partial charge in [-0.3, -0.25) is 4.21 Å². The second-order valence-electron chi connectivity index (χ2n) is 4.84. The van der Waals surface area contributed by atoms with E-state index in [0.29, 0.717) is 23.5 Å². The van der Waals surface area contributed by atoms with E-state index in [9.17, 15) is 4.21 Å². The maximum absolute atomic E-state index is 12.3. The molecule has 1 aromatic carbocycles. The fourth-order valence-electron chi connectivity index (χ4n) is 2.60. The molecule has 2 N–H and O–H groups in total. The van der Waals surface area contributed by atoms with E-state index >= 15 is 0 Å². The highest BCUT2D eigenvalue weighted by molar-refractivity contribution is 7.85. The number of ether oxygens (including phenoxy) is 1. The molecule has 18 heavy (non-hydrogen) atoms. The summed E-state index contributed by atoms with van der Waals surface area (Å²) in [4.78, 5) is 0.798. The number of para-hydroxylation sites is 1. The van der Waals surface area contributed by atoms with Gasteiger partial charge in [-0.2, -0.15) is 0 Å². The summed E-state index contributed by atoms with van der Waals surface area (Å²) in [5, 5.41) is 0. The molecule has 1 aliphatic carbocycles. The number of hydrogen-bond donors (Lipinski definition) is 1. The number of benzene rings is 1. The van der Waals surface area contributed by atoms with Gasteiger partial charge in [0.1, 0.15) is 5.75 Å². The lowest BCUT2D eigenvalue weighted by Crippen LogP contribution is -2.25. The quantitative estimate of drug-likeness (QED) is 0.890. The Balaban J connectivity index is 1.95. The van der Waals surface area contributed by atoms with Gasteiger partial charge in [-0.05, 0) is 37.3 Å². The summed E-state index contributed by atoms with van der Waals surface area (Å²) in [6.45, 7) is 0. The standard InChI is InChI=1S/C14H21NO2S/c1-17-13-7-2-3-8-14(13)18(16)10-9-11-5-4-6-12(11)15/h2-3,7-8,11-12H,4-6,9-10,15H2,1H3. The molecule has 0 aliphatic heterocycles. The summed E-state index contributed by atoms with van der Waals surface area (Å²) in [7, 11) is 0.628. The van der Waals surface area contributed by atoms with E-state index in [2.05, 4.69) is 0 Å². The molecule has 0 heterocycles. The van der Waals surface area contributed by atoms with Gasteiger partial charge in [0.25, 0.3) is 0 Å². The normalized spacial score (nSPS) is 25.0. The summed E-state index contributed by atoms with van der Waals surface area (Å²) in [6.07, 6.45) is 4.47. The lowest BCUT2D eigenvalue weighted by atomic mass is 10.0. The minimum Gasteiger partial charge on any atom is -0.495 e. The summed E-state index contributed by atoms with van der Waals surface area (Å²) >= 11 is 0. The van der Waals surface area contributed by atoms with Crippen LogP contribution in [-0.4, -0.2) is 23.1 Å². The Bertz CT molecular complexity index is 422. The van der Waals surface area contributed by atoms with Crippen molar-refractivity contribution < 1.29 is 8.95 Å². The Morgan fingerprint density at radius 3 is 2.83 bits per heavy atom. The van der Waals surface area contributed by atoms with Crippen LogP contribution in [0.4, 0.5) is 0 Å². The van der Waals surface area contributed by atoms with Gasteiger partial charge >= 0.3 is 0 Å². The zero-order valence-electron chi connectivity index (χ0n) is 10.8. The molecule has 2 rings (SSSR count). The van der Waals surface area contributed by atoms with Gasteiger partial charge < -0.3 is 10.5 Å². The third kappa shape index (κ3) is 3.12. The van der Waals surface area contributed by atoms with Gasteiger partial charge in [-0.15, -0.1) is 0 Å². The smallest absolute Gasteiger partial charge is 0.134 e. The summed E-state index contributed by atoms with van der Waals surface area (Å²) in [6, 6.07) is 7.83. The zero-order chi connectivity index (χ0) is 13.0. The highest BCUT2D eigenvalue weighted by Gasteiger charge is 2.24. The third-order valence-corrected chi connectivity index (χ3v) is 5.14. The van der Waals surface area contributed by atoms with E-state index in [4.69, 9.17) is 10.5 Å². The molecule has 1 aromatic rings. The van der Waals surface area contributed by atoms with Crippen LogP contribution in [0.5, 0.6) is 5.75 Å². The molecule has 1 fully saturated rings. The largest absolute Gasteiger partial charge is 0.495 e. The van der Waals surface area contributed by atoms with Gasteiger partial charge in [0.05, 0.1) is 22.8 Å². The Labute approximate surface area is 111 Å². The van der Waals surface area contributed by atoms with Gasteiger partial charge in [0, 0.05) is 11.8 Å². The number of nitrogens with two attached hydrogens (primary N) is 1. The van der Waals surface area contributed by atoms with E-state index in [1.807, 2.05) is 24.3 Å². The van der Waals surface area contributed by atoms with Crippen molar-refractivity contribution in [3.05, 3.63) is 24.3 Å². The summed E-state index contributed by atoms with van der Waals surface area (Å²) in [5.41, 5.74) is 6.04. The van der Waals surface area contributed by atoms with E-state index in [1.54, 1.807) is 7.11 Å². The highest BCUT2D eigenvalue weighted by Crippen LogP contribution is 2.28. The molecule has 0 aromatic heterocycles. The molecule has 0 radical (unpaired) electrons. The first-order chi connectivity index (χ1) is 8.72. The first kappa shape index (κ1) is 13.6. The van der Waals surface area contributed by atoms with Crippen molar-refractivity contribution in [2.75, 3.05) is 12.9 Å². The van der Waals surface area contributed by atoms with Crippen LogP contribution >= 0.6 is 0 Å². The Hall–Kier alpha value is -0.870. The minimum absolute atomic E-state index is 0.305. The first-order valence-electron chi connectivity index (χ1n) is 6.49. The van der Waals surface area contributed by atoms with Crippen molar-refractivity contribution in [2.45, 2.75) is 36.6 Å². The van der Waals surface area contributed by atoms with Crippen LogP contribution in [0.2, 0.25) is 0 Å². The van der Waals surface area contributed by atoms with Crippen molar-refractivity contribution in [1.82, 2.24) is 0 Å². The van der Waals surface area contributed by atoms with Crippen molar-refractivity contribution in [1.29, 1.82) is 0 Å². The average molecular weight is 267 g/mol. The van der Waals surface area contributed by atoms with Crippen molar-refractivity contribution in [3.63, 3.8) is 0 Å². The molecule has 4 heteroatoms. The topological polar surface area (TPSA) is 52.3 Å². The Kier molecular flexibility index (Phi) is 4.78. The number of hydrogen-bond acceptors (Lipinski definition) is 3. The Morgan fingerprint density at radius 1 is 1.39 bits per heavy atom. The second kappa shape index (κ2) is 6.34. The number of rotatable bonds is 5. The van der Waals surface area contributed by atoms with Crippen LogP contribution in [0.25, 0.3) is 0 Å². The van der Waals surface area contributed by atoms with E-state index in [0.717, 1.165) is 17.7 Å². The van der Waals surface area contributed by atoms with Crippen molar-refractivity contribution in [3.8, 4) is 5.75 Å². The molecular formula is C14H21NO2S. The van der Waals surface area contributed by atoms with Crippen LogP contribution in [0, 0.1) is 5.92 Å². The maximum Gasteiger partial charge on any atom is 0.134 e. The van der Waals surface area contributed by atoms with Crippen LogP contribution < -0.4 is 10.5 Å². The fraction of sp³-hybridized carbons (Fsp3) is 0.571. The van der Waals surface area contributed by atoms with E-state index < -0.39 is 10.8 Å². The molecule has 1 saturated carbocycles. The maximum atomic E-state index is 12.3. The summed E-state index contributed by atoms with van der Waals surface area (Å²) in [5.74, 6) is 1.94. The first-order valence-corrected chi connectivity index (χ1v) is 7.81. The van der Waals surface area contributed by atoms with Gasteiger partial charge in [-0.25, -0.2) is 0 Å². The molecule has 1 aliphatic rings. The molecule has 100 valence electrons. The van der Waals surface area contributed by atoms with Crippen LogP contribution in [-0.2, 0) is 10.8 Å². The molecule has 3 atom stereocenters. The molecular weight excluding hydrogens is 246 g/mol. The molecule has 0 bridgehead atoms. The minimum atomic E-state index is -0.986. The van der Waals surface area contributed by atoms with Crippen molar-refractivity contribution in [2.24, 2.45) is 11.7 Å². The lowest BCUT2D eigenvalue weighted by Gasteiger charge is -2.15. The summed E-state index contributed by atoms with van der Waals surface area (Å²) < 4.78 is 17.5. The molecule has 0 saturated heterocycles. The van der Waals surface area contributed by atoms with Crippen LogP contribution in [0.15, 0.2) is 29.2 Å². The van der Waals surface area contributed by atoms with Gasteiger partial charge in [-0.1, -0.05) is 18.6 Å². The van der Waals surface area contributed by atoms with Crippen LogP contribution in [0.3, 0.4) is 0 Å². The second-order valence-corrected chi connectivity index (χ2v) is 6.38. The fourth-order valence-corrected chi connectivity index (χ4v) is 3.94. The van der Waals surface area contributed by atoms with Gasteiger partial charge in [0.15, 0.2) is 0 Å². The van der Waals surface area contributed by atoms with Crippen molar-refractivity contribution >= 4 is 10.8 Å².